The number of para-hydroxylation sites is 2. The number of aromatic nitrogens is 3. The van der Waals surface area contributed by atoms with Crippen molar-refractivity contribution in [1.82, 2.24) is 9.61 Å². The molecule has 76 valence electrons. The summed E-state index contributed by atoms with van der Waals surface area (Å²) in [7, 11) is 0. The number of nitrogens with zero attached hydrogens (tertiary/aromatic N) is 3. The number of benzene rings is 2. The third-order valence-corrected chi connectivity index (χ3v) is 2.94. The van der Waals surface area contributed by atoms with E-state index in [4.69, 9.17) is 0 Å². The first-order valence-corrected chi connectivity index (χ1v) is 5.27. The van der Waals surface area contributed by atoms with Crippen molar-refractivity contribution in [2.45, 2.75) is 0 Å². The third-order valence-electron chi connectivity index (χ3n) is 2.94. The molecule has 0 N–H and O–H groups in total. The zero-order valence-electron chi connectivity index (χ0n) is 8.54. The van der Waals surface area contributed by atoms with Gasteiger partial charge in [0.1, 0.15) is 0 Å². The van der Waals surface area contributed by atoms with Crippen LogP contribution in [0.4, 0.5) is 0 Å². The van der Waals surface area contributed by atoms with E-state index in [9.17, 15) is 0 Å². The highest BCUT2D eigenvalue weighted by molar-refractivity contribution is 5.83. The van der Waals surface area contributed by atoms with Gasteiger partial charge in [0.15, 0.2) is 6.20 Å². The Labute approximate surface area is 91.5 Å². The molecule has 4 aromatic rings. The average molecular weight is 207 g/mol. The molecule has 16 heavy (non-hydrogen) atoms. The summed E-state index contributed by atoms with van der Waals surface area (Å²) in [6, 6.07) is 16.5. The number of hydrogen-bond donors (Lipinski definition) is 0. The van der Waals surface area contributed by atoms with Crippen molar-refractivity contribution in [1.29, 1.82) is 0 Å². The van der Waals surface area contributed by atoms with Crippen LogP contribution in [0.2, 0.25) is 0 Å². The smallest absolute Gasteiger partial charge is 0.198 e. The lowest BCUT2D eigenvalue weighted by Crippen LogP contribution is -2.28. The summed E-state index contributed by atoms with van der Waals surface area (Å²) in [4.78, 5) is 0. The van der Waals surface area contributed by atoms with Gasteiger partial charge >= 0.3 is 0 Å². The lowest BCUT2D eigenvalue weighted by atomic mass is 10.2. The molecule has 0 atom stereocenters. The lowest BCUT2D eigenvalue weighted by molar-refractivity contribution is -0.671. The van der Waals surface area contributed by atoms with Crippen molar-refractivity contribution < 1.29 is 4.63 Å². The van der Waals surface area contributed by atoms with Gasteiger partial charge in [0, 0.05) is 21.9 Å². The molecule has 0 aliphatic heterocycles. The Morgan fingerprint density at radius 2 is 1.62 bits per heavy atom. The molecule has 2 heterocycles. The van der Waals surface area contributed by atoms with Crippen LogP contribution >= 0.6 is 0 Å². The van der Waals surface area contributed by atoms with Gasteiger partial charge in [0.05, 0.1) is 0 Å². The summed E-state index contributed by atoms with van der Waals surface area (Å²) in [5.74, 6) is 0. The highest BCUT2D eigenvalue weighted by atomic mass is 15.5. The second kappa shape index (κ2) is 2.64. The Bertz CT molecular complexity index is 742. The molecule has 0 aliphatic carbocycles. The van der Waals surface area contributed by atoms with Gasteiger partial charge < -0.3 is 0 Å². The number of fused-ring (bicyclic) bond motifs is 5. The highest BCUT2D eigenvalue weighted by Crippen LogP contribution is 2.15. The predicted molar refractivity (Wildman–Crippen MR) is 61.4 cm³/mol. The van der Waals surface area contributed by atoms with E-state index >= 15 is 0 Å². The van der Waals surface area contributed by atoms with Gasteiger partial charge in [0.25, 0.3) is 0 Å². The van der Waals surface area contributed by atoms with E-state index in [1.807, 2.05) is 28.9 Å². The van der Waals surface area contributed by atoms with Crippen molar-refractivity contribution in [3.05, 3.63) is 54.7 Å². The van der Waals surface area contributed by atoms with Gasteiger partial charge in [-0.2, -0.15) is 5.10 Å². The minimum Gasteiger partial charge on any atom is -0.217 e. The average Bonchev–Trinajstić information content (AvgIpc) is 2.83. The topological polar surface area (TPSA) is 22.6 Å². The van der Waals surface area contributed by atoms with E-state index in [-0.39, 0.29) is 0 Å². The molecule has 0 saturated heterocycles. The fraction of sp³-hybridized carbons (Fsp3) is 0. The summed E-state index contributed by atoms with van der Waals surface area (Å²) in [5.41, 5.74) is 3.35. The Morgan fingerprint density at radius 1 is 0.875 bits per heavy atom. The zero-order chi connectivity index (χ0) is 10.5. The highest BCUT2D eigenvalue weighted by Gasteiger charge is 2.06. The fourth-order valence-electron chi connectivity index (χ4n) is 2.23. The summed E-state index contributed by atoms with van der Waals surface area (Å²) in [6.07, 6.45) is 2.05. The molecule has 0 radical (unpaired) electrons. The maximum atomic E-state index is 4.53. The Morgan fingerprint density at radius 3 is 2.56 bits per heavy atom. The summed E-state index contributed by atoms with van der Waals surface area (Å²) < 4.78 is 4.03. The first kappa shape index (κ1) is 7.93. The SMILES string of the molecule is c1ccc2c(c1)c[n+]1[n-]c3ccccc3n21. The van der Waals surface area contributed by atoms with Crippen molar-refractivity contribution in [3.63, 3.8) is 0 Å². The van der Waals surface area contributed by atoms with Crippen LogP contribution in [0.25, 0.3) is 21.9 Å². The van der Waals surface area contributed by atoms with Gasteiger partial charge in [-0.3, -0.25) is 0 Å². The molecule has 0 unspecified atom stereocenters. The molecule has 0 amide bonds. The van der Waals surface area contributed by atoms with Crippen LogP contribution in [0.15, 0.2) is 54.7 Å². The molecule has 0 aliphatic rings. The molecule has 2 aromatic carbocycles. The zero-order valence-corrected chi connectivity index (χ0v) is 8.54. The molecule has 0 fully saturated rings. The largest absolute Gasteiger partial charge is 0.217 e. The quantitative estimate of drug-likeness (QED) is 0.403. The minimum atomic E-state index is 1.02. The maximum Gasteiger partial charge on any atom is 0.198 e. The van der Waals surface area contributed by atoms with Crippen molar-refractivity contribution >= 4 is 21.9 Å². The summed E-state index contributed by atoms with van der Waals surface area (Å²) >= 11 is 0. The molecular weight excluding hydrogens is 198 g/mol. The Balaban J connectivity index is 2.38. The van der Waals surface area contributed by atoms with Gasteiger partial charge in [-0.25, -0.2) is 4.52 Å². The molecule has 0 bridgehead atoms. The Kier molecular flexibility index (Phi) is 1.31. The molecule has 0 saturated carbocycles. The first-order chi connectivity index (χ1) is 7.93. The second-order valence-corrected chi connectivity index (χ2v) is 3.91. The van der Waals surface area contributed by atoms with Crippen LogP contribution in [-0.2, 0) is 0 Å². The standard InChI is InChI=1S/C13H9N3/c1-3-7-12-10(5-1)9-15-14-11-6-2-4-8-13(11)16(12)15/h1-9H. The molecular formula is C13H9N3. The van der Waals surface area contributed by atoms with Crippen LogP contribution < -0.4 is 9.73 Å². The van der Waals surface area contributed by atoms with Crippen LogP contribution in [0.1, 0.15) is 0 Å². The maximum absolute atomic E-state index is 4.53. The van der Waals surface area contributed by atoms with Crippen molar-refractivity contribution in [2.24, 2.45) is 0 Å². The van der Waals surface area contributed by atoms with Gasteiger partial charge in [-0.15, -0.1) is 4.63 Å². The summed E-state index contributed by atoms with van der Waals surface area (Å²) in [6.45, 7) is 0. The van der Waals surface area contributed by atoms with Gasteiger partial charge in [-0.1, -0.05) is 42.5 Å². The van der Waals surface area contributed by atoms with E-state index in [2.05, 4.69) is 40.1 Å². The van der Waals surface area contributed by atoms with Crippen molar-refractivity contribution in [2.75, 3.05) is 0 Å². The fourth-order valence-corrected chi connectivity index (χ4v) is 2.23. The third kappa shape index (κ3) is 0.852. The molecule has 3 nitrogen and oxygen atoms in total. The van der Waals surface area contributed by atoms with E-state index in [1.165, 1.54) is 10.9 Å². The van der Waals surface area contributed by atoms with Crippen LogP contribution in [-0.4, -0.2) is 4.52 Å². The van der Waals surface area contributed by atoms with Gasteiger partial charge in [-0.05, 0) is 6.07 Å². The van der Waals surface area contributed by atoms with Crippen LogP contribution in [0, 0.1) is 0 Å². The van der Waals surface area contributed by atoms with E-state index in [1.54, 1.807) is 0 Å². The number of hydrogen-bond acceptors (Lipinski definition) is 0. The lowest BCUT2D eigenvalue weighted by Gasteiger charge is -1.94. The summed E-state index contributed by atoms with van der Waals surface area (Å²) in [5, 5.41) is 5.74. The van der Waals surface area contributed by atoms with Crippen LogP contribution in [0.3, 0.4) is 0 Å². The molecule has 2 aromatic heterocycles. The molecule has 0 spiro atoms. The van der Waals surface area contributed by atoms with E-state index in [0.717, 1.165) is 11.0 Å². The molecule has 4 rings (SSSR count). The van der Waals surface area contributed by atoms with E-state index in [0.29, 0.717) is 0 Å². The minimum absolute atomic E-state index is 1.02. The monoisotopic (exact) mass is 207 g/mol. The second-order valence-electron chi connectivity index (χ2n) is 3.91. The normalized spacial score (nSPS) is 11.8. The van der Waals surface area contributed by atoms with Gasteiger partial charge in [0.2, 0.25) is 0 Å². The van der Waals surface area contributed by atoms with E-state index < -0.39 is 0 Å². The number of rotatable bonds is 0. The van der Waals surface area contributed by atoms with Crippen molar-refractivity contribution in [3.8, 4) is 0 Å². The Hall–Kier alpha value is -2.29. The first-order valence-electron chi connectivity index (χ1n) is 5.27. The molecule has 3 heteroatoms. The predicted octanol–water partition coefficient (Wildman–Crippen LogP) is 1.79. The van der Waals surface area contributed by atoms with Crippen LogP contribution in [0.5, 0.6) is 0 Å².